The van der Waals surface area contributed by atoms with E-state index in [1.165, 1.54) is 0 Å². The number of benzene rings is 2. The van der Waals surface area contributed by atoms with Crippen molar-refractivity contribution in [2.24, 2.45) is 0 Å². The van der Waals surface area contributed by atoms with Gasteiger partial charge in [-0.05, 0) is 55.8 Å². The van der Waals surface area contributed by atoms with Crippen LogP contribution < -0.4 is 10.1 Å². The summed E-state index contributed by atoms with van der Waals surface area (Å²) in [5.74, 6) is -0.286. The summed E-state index contributed by atoms with van der Waals surface area (Å²) in [4.78, 5) is 24.2. The van der Waals surface area contributed by atoms with Gasteiger partial charge in [0.1, 0.15) is 5.75 Å². The Kier molecular flexibility index (Phi) is 7.95. The van der Waals surface area contributed by atoms with Crippen molar-refractivity contribution >= 4 is 40.8 Å². The van der Waals surface area contributed by atoms with Gasteiger partial charge in [0.05, 0.1) is 17.3 Å². The van der Waals surface area contributed by atoms with E-state index in [0.717, 1.165) is 12.8 Å². The third kappa shape index (κ3) is 6.45. The highest BCUT2D eigenvalue weighted by atomic mass is 35.5. The van der Waals surface area contributed by atoms with Gasteiger partial charge in [-0.2, -0.15) is 0 Å². The molecule has 2 rings (SSSR count). The molecule has 0 bridgehead atoms. The smallest absolute Gasteiger partial charge is 0.347 e. The van der Waals surface area contributed by atoms with Crippen molar-refractivity contribution in [3.05, 3.63) is 58.1 Å². The maximum Gasteiger partial charge on any atom is 0.347 e. The lowest BCUT2D eigenvalue weighted by Gasteiger charge is -2.14. The first-order valence-electron chi connectivity index (χ1n) is 8.60. The van der Waals surface area contributed by atoms with Crippen LogP contribution in [0.1, 0.15) is 37.0 Å². The lowest BCUT2D eigenvalue weighted by molar-refractivity contribution is -0.151. The molecule has 2 aromatic carbocycles. The Morgan fingerprint density at radius 3 is 2.48 bits per heavy atom. The molecule has 1 unspecified atom stereocenters. The first kappa shape index (κ1) is 21.1. The van der Waals surface area contributed by atoms with Crippen molar-refractivity contribution in [3.8, 4) is 5.75 Å². The van der Waals surface area contributed by atoms with E-state index in [4.69, 9.17) is 32.7 Å². The minimum atomic E-state index is -0.730. The Balaban J connectivity index is 1.95. The van der Waals surface area contributed by atoms with Crippen LogP contribution >= 0.6 is 23.2 Å². The van der Waals surface area contributed by atoms with Gasteiger partial charge < -0.3 is 14.8 Å². The van der Waals surface area contributed by atoms with Crippen molar-refractivity contribution in [2.45, 2.75) is 32.8 Å². The van der Waals surface area contributed by atoms with E-state index < -0.39 is 12.1 Å². The van der Waals surface area contributed by atoms with Crippen LogP contribution in [-0.2, 0) is 9.53 Å². The number of anilines is 1. The van der Waals surface area contributed by atoms with Gasteiger partial charge in [-0.1, -0.05) is 36.5 Å². The number of ether oxygens (including phenoxy) is 2. The Hall–Kier alpha value is -2.24. The summed E-state index contributed by atoms with van der Waals surface area (Å²) in [6.45, 7) is 4.02. The highest BCUT2D eigenvalue weighted by molar-refractivity contribution is 6.35. The molecular weight excluding hydrogens is 389 g/mol. The zero-order chi connectivity index (χ0) is 19.8. The second-order valence-corrected chi connectivity index (χ2v) is 6.73. The molecule has 0 saturated carbocycles. The summed E-state index contributed by atoms with van der Waals surface area (Å²) in [5.41, 5.74) is 0.842. The van der Waals surface area contributed by atoms with Crippen molar-refractivity contribution < 1.29 is 19.1 Å². The monoisotopic (exact) mass is 409 g/mol. The van der Waals surface area contributed by atoms with E-state index in [-0.39, 0.29) is 5.91 Å². The second kappa shape index (κ2) is 10.2. The molecule has 1 amide bonds. The summed E-state index contributed by atoms with van der Waals surface area (Å²) in [5, 5.41) is 3.57. The second-order valence-electron chi connectivity index (χ2n) is 5.88. The highest BCUT2D eigenvalue weighted by Crippen LogP contribution is 2.26. The minimum absolute atomic E-state index is 0.335. The number of carbonyl (C=O) groups excluding carboxylic acids is 2. The average molecular weight is 410 g/mol. The third-order valence-electron chi connectivity index (χ3n) is 3.68. The fourth-order valence-corrected chi connectivity index (χ4v) is 2.50. The fourth-order valence-electron chi connectivity index (χ4n) is 2.16. The molecule has 1 atom stereocenters. The molecule has 0 fully saturated rings. The molecular formula is C20H21Cl2NO4. The summed E-state index contributed by atoms with van der Waals surface area (Å²) in [6, 6.07) is 11.2. The summed E-state index contributed by atoms with van der Waals surface area (Å²) < 4.78 is 10.7. The molecule has 7 heteroatoms. The molecule has 0 saturated heterocycles. The van der Waals surface area contributed by atoms with Crippen LogP contribution in [0.15, 0.2) is 42.5 Å². The van der Waals surface area contributed by atoms with E-state index in [9.17, 15) is 9.59 Å². The number of carbonyl (C=O) groups is 2. The number of esters is 1. The van der Waals surface area contributed by atoms with Crippen molar-refractivity contribution in [1.82, 2.24) is 0 Å². The normalized spacial score (nSPS) is 11.6. The Morgan fingerprint density at radius 2 is 1.81 bits per heavy atom. The maximum atomic E-state index is 12.3. The molecule has 5 nitrogen and oxygen atoms in total. The number of nitrogens with one attached hydrogen (secondary N) is 1. The molecule has 0 spiro atoms. The van der Waals surface area contributed by atoms with Crippen molar-refractivity contribution in [2.75, 3.05) is 11.9 Å². The van der Waals surface area contributed by atoms with Gasteiger partial charge in [0, 0.05) is 10.6 Å². The van der Waals surface area contributed by atoms with Gasteiger partial charge in [0.25, 0.3) is 5.91 Å². The number of hydrogen-bond acceptors (Lipinski definition) is 4. The van der Waals surface area contributed by atoms with Gasteiger partial charge in [0.2, 0.25) is 0 Å². The van der Waals surface area contributed by atoms with Crippen LogP contribution in [0.5, 0.6) is 5.75 Å². The SMILES string of the molecule is CCCCOC(=O)C(C)Oc1ccc(C(=O)Nc2cc(Cl)ccc2Cl)cc1. The van der Waals surface area contributed by atoms with E-state index in [2.05, 4.69) is 5.32 Å². The van der Waals surface area contributed by atoms with Gasteiger partial charge in [-0.3, -0.25) is 4.79 Å². The Bertz CT molecular complexity index is 793. The molecule has 2 aromatic rings. The molecule has 0 aliphatic carbocycles. The first-order chi connectivity index (χ1) is 12.9. The largest absolute Gasteiger partial charge is 0.479 e. The van der Waals surface area contributed by atoms with Crippen LogP contribution in [-0.4, -0.2) is 24.6 Å². The summed E-state index contributed by atoms with van der Waals surface area (Å²) in [6.07, 6.45) is 1.04. The topological polar surface area (TPSA) is 64.6 Å². The van der Waals surface area contributed by atoms with Gasteiger partial charge in [0.15, 0.2) is 6.10 Å². The van der Waals surface area contributed by atoms with Crippen molar-refractivity contribution in [1.29, 1.82) is 0 Å². The average Bonchev–Trinajstić information content (AvgIpc) is 2.65. The molecule has 0 aliphatic heterocycles. The van der Waals surface area contributed by atoms with Crippen LogP contribution in [0, 0.1) is 0 Å². The van der Waals surface area contributed by atoms with E-state index >= 15 is 0 Å². The fraction of sp³-hybridized carbons (Fsp3) is 0.300. The molecule has 0 aromatic heterocycles. The van der Waals surface area contributed by atoms with Crippen LogP contribution in [0.2, 0.25) is 10.0 Å². The lowest BCUT2D eigenvalue weighted by atomic mass is 10.2. The first-order valence-corrected chi connectivity index (χ1v) is 9.36. The number of unbranched alkanes of at least 4 members (excludes halogenated alkanes) is 1. The summed E-state index contributed by atoms with van der Waals surface area (Å²) in [7, 11) is 0. The zero-order valence-electron chi connectivity index (χ0n) is 15.1. The maximum absolute atomic E-state index is 12.3. The predicted molar refractivity (Wildman–Crippen MR) is 107 cm³/mol. The van der Waals surface area contributed by atoms with Crippen LogP contribution in [0.4, 0.5) is 5.69 Å². The number of rotatable bonds is 8. The third-order valence-corrected chi connectivity index (χ3v) is 4.24. The van der Waals surface area contributed by atoms with Crippen LogP contribution in [0.3, 0.4) is 0 Å². The quantitative estimate of drug-likeness (QED) is 0.470. The lowest BCUT2D eigenvalue weighted by Crippen LogP contribution is -2.26. The molecule has 1 N–H and O–H groups in total. The van der Waals surface area contributed by atoms with Crippen molar-refractivity contribution in [3.63, 3.8) is 0 Å². The van der Waals surface area contributed by atoms with E-state index in [0.29, 0.717) is 33.7 Å². The number of amides is 1. The Labute approximate surface area is 168 Å². The zero-order valence-corrected chi connectivity index (χ0v) is 16.6. The molecule has 0 radical (unpaired) electrons. The number of halogens is 2. The molecule has 144 valence electrons. The molecule has 27 heavy (non-hydrogen) atoms. The van der Waals surface area contributed by atoms with Gasteiger partial charge in [-0.15, -0.1) is 0 Å². The molecule has 0 aliphatic rings. The van der Waals surface area contributed by atoms with E-state index in [1.54, 1.807) is 49.4 Å². The standard InChI is InChI=1S/C20H21Cl2NO4/c1-3-4-11-26-20(25)13(2)27-16-8-5-14(6-9-16)19(24)23-18-12-15(21)7-10-17(18)22/h5-10,12-13H,3-4,11H2,1-2H3,(H,23,24). The predicted octanol–water partition coefficient (Wildman–Crippen LogP) is 5.36. The minimum Gasteiger partial charge on any atom is -0.479 e. The van der Waals surface area contributed by atoms with E-state index in [1.807, 2.05) is 6.92 Å². The summed E-state index contributed by atoms with van der Waals surface area (Å²) >= 11 is 12.0. The highest BCUT2D eigenvalue weighted by Gasteiger charge is 2.16. The number of hydrogen-bond donors (Lipinski definition) is 1. The van der Waals surface area contributed by atoms with Crippen LogP contribution in [0.25, 0.3) is 0 Å². The Morgan fingerprint density at radius 1 is 1.11 bits per heavy atom. The van der Waals surface area contributed by atoms with Gasteiger partial charge >= 0.3 is 5.97 Å². The van der Waals surface area contributed by atoms with Gasteiger partial charge in [-0.25, -0.2) is 4.79 Å². The molecule has 0 heterocycles.